The first kappa shape index (κ1) is 15.6. The van der Waals surface area contributed by atoms with Crippen molar-refractivity contribution < 1.29 is 9.13 Å². The first-order valence-electron chi connectivity index (χ1n) is 6.33. The van der Waals surface area contributed by atoms with Crippen molar-refractivity contribution in [1.82, 2.24) is 5.32 Å². The number of halogens is 2. The fourth-order valence-electron chi connectivity index (χ4n) is 2.16. The first-order chi connectivity index (χ1) is 8.63. The van der Waals surface area contributed by atoms with Gasteiger partial charge in [0.1, 0.15) is 5.82 Å². The maximum Gasteiger partial charge on any atom is 0.137 e. The molecule has 0 aliphatic heterocycles. The summed E-state index contributed by atoms with van der Waals surface area (Å²) >= 11 is 3.31. The highest BCUT2D eigenvalue weighted by Crippen LogP contribution is 2.23. The SMILES string of the molecule is CCNC(Cc1cccc(F)c1Br)C(CC)OC. The average molecular weight is 318 g/mol. The second-order valence-corrected chi connectivity index (χ2v) is 5.06. The smallest absolute Gasteiger partial charge is 0.137 e. The molecule has 1 N–H and O–H groups in total. The van der Waals surface area contributed by atoms with Crippen molar-refractivity contribution in [1.29, 1.82) is 0 Å². The molecule has 0 saturated heterocycles. The predicted molar refractivity (Wildman–Crippen MR) is 76.4 cm³/mol. The Kier molecular flexibility index (Phi) is 6.82. The Morgan fingerprint density at radius 3 is 2.67 bits per heavy atom. The van der Waals surface area contributed by atoms with Crippen LogP contribution in [0.25, 0.3) is 0 Å². The molecule has 2 nitrogen and oxygen atoms in total. The average Bonchev–Trinajstić information content (AvgIpc) is 2.36. The van der Waals surface area contributed by atoms with Gasteiger partial charge in [0.2, 0.25) is 0 Å². The van der Waals surface area contributed by atoms with E-state index in [1.165, 1.54) is 6.07 Å². The van der Waals surface area contributed by atoms with E-state index >= 15 is 0 Å². The van der Waals surface area contributed by atoms with Gasteiger partial charge in [0.25, 0.3) is 0 Å². The van der Waals surface area contributed by atoms with E-state index in [1.54, 1.807) is 13.2 Å². The Morgan fingerprint density at radius 1 is 1.39 bits per heavy atom. The molecule has 0 bridgehead atoms. The number of nitrogens with one attached hydrogen (secondary N) is 1. The van der Waals surface area contributed by atoms with Crippen LogP contribution in [0.15, 0.2) is 22.7 Å². The molecule has 0 aromatic heterocycles. The molecule has 0 radical (unpaired) electrons. The molecular formula is C14H21BrFNO. The van der Waals surface area contributed by atoms with Crippen molar-refractivity contribution >= 4 is 15.9 Å². The molecule has 1 aromatic carbocycles. The van der Waals surface area contributed by atoms with Gasteiger partial charge >= 0.3 is 0 Å². The largest absolute Gasteiger partial charge is 0.380 e. The fraction of sp³-hybridized carbons (Fsp3) is 0.571. The molecule has 0 amide bonds. The van der Waals surface area contributed by atoms with Crippen LogP contribution in [-0.4, -0.2) is 25.8 Å². The molecule has 0 saturated carbocycles. The molecule has 18 heavy (non-hydrogen) atoms. The quantitative estimate of drug-likeness (QED) is 0.830. The van der Waals surface area contributed by atoms with Crippen LogP contribution in [0.3, 0.4) is 0 Å². The van der Waals surface area contributed by atoms with Gasteiger partial charge in [0.05, 0.1) is 10.6 Å². The van der Waals surface area contributed by atoms with E-state index in [2.05, 4.69) is 35.1 Å². The zero-order valence-corrected chi connectivity index (χ0v) is 12.8. The Bertz CT molecular complexity index is 369. The van der Waals surface area contributed by atoms with E-state index in [-0.39, 0.29) is 18.0 Å². The number of hydrogen-bond acceptors (Lipinski definition) is 2. The molecule has 0 heterocycles. The third kappa shape index (κ3) is 4.04. The van der Waals surface area contributed by atoms with Crippen LogP contribution in [0.5, 0.6) is 0 Å². The first-order valence-corrected chi connectivity index (χ1v) is 7.12. The molecule has 0 fully saturated rings. The molecule has 102 valence electrons. The lowest BCUT2D eigenvalue weighted by Crippen LogP contribution is -2.42. The zero-order valence-electron chi connectivity index (χ0n) is 11.2. The van der Waals surface area contributed by atoms with Crippen molar-refractivity contribution in [3.05, 3.63) is 34.1 Å². The van der Waals surface area contributed by atoms with Gasteiger partial charge < -0.3 is 10.1 Å². The lowest BCUT2D eigenvalue weighted by Gasteiger charge is -2.26. The summed E-state index contributed by atoms with van der Waals surface area (Å²) in [5, 5.41) is 3.41. The van der Waals surface area contributed by atoms with Crippen molar-refractivity contribution in [2.45, 2.75) is 38.8 Å². The van der Waals surface area contributed by atoms with Gasteiger partial charge in [-0.2, -0.15) is 0 Å². The van der Waals surface area contributed by atoms with Crippen LogP contribution >= 0.6 is 15.9 Å². The van der Waals surface area contributed by atoms with Crippen LogP contribution in [0.2, 0.25) is 0 Å². The summed E-state index contributed by atoms with van der Waals surface area (Å²) < 4.78 is 19.5. The number of ether oxygens (including phenoxy) is 1. The number of methoxy groups -OCH3 is 1. The summed E-state index contributed by atoms with van der Waals surface area (Å²) in [7, 11) is 1.72. The van der Waals surface area contributed by atoms with E-state index in [0.29, 0.717) is 4.47 Å². The van der Waals surface area contributed by atoms with Gasteiger partial charge in [-0.25, -0.2) is 4.39 Å². The fourth-order valence-corrected chi connectivity index (χ4v) is 2.58. The molecule has 2 atom stereocenters. The van der Waals surface area contributed by atoms with Gasteiger partial charge in [-0.15, -0.1) is 0 Å². The Balaban J connectivity index is 2.85. The third-order valence-electron chi connectivity index (χ3n) is 3.09. The molecule has 2 unspecified atom stereocenters. The van der Waals surface area contributed by atoms with Gasteiger partial charge in [0.15, 0.2) is 0 Å². The predicted octanol–water partition coefficient (Wildman–Crippen LogP) is 3.53. The van der Waals surface area contributed by atoms with Crippen LogP contribution in [-0.2, 0) is 11.2 Å². The lowest BCUT2D eigenvalue weighted by molar-refractivity contribution is 0.0658. The molecule has 1 aromatic rings. The molecule has 0 spiro atoms. The summed E-state index contributed by atoms with van der Waals surface area (Å²) in [6.07, 6.45) is 1.82. The highest BCUT2D eigenvalue weighted by molar-refractivity contribution is 9.10. The molecule has 0 aliphatic rings. The van der Waals surface area contributed by atoms with Crippen LogP contribution in [0, 0.1) is 5.82 Å². The third-order valence-corrected chi connectivity index (χ3v) is 3.98. The summed E-state index contributed by atoms with van der Waals surface area (Å²) in [6, 6.07) is 5.35. The minimum atomic E-state index is -0.215. The minimum Gasteiger partial charge on any atom is -0.380 e. The number of rotatable bonds is 7. The van der Waals surface area contributed by atoms with Gasteiger partial charge in [-0.3, -0.25) is 0 Å². The summed E-state index contributed by atoms with van der Waals surface area (Å²) in [4.78, 5) is 0. The minimum absolute atomic E-state index is 0.139. The highest BCUT2D eigenvalue weighted by Gasteiger charge is 2.20. The Labute approximate surface area is 117 Å². The lowest BCUT2D eigenvalue weighted by atomic mass is 9.99. The highest BCUT2D eigenvalue weighted by atomic mass is 79.9. The molecule has 1 rings (SSSR count). The number of benzene rings is 1. The topological polar surface area (TPSA) is 21.3 Å². The van der Waals surface area contributed by atoms with Gasteiger partial charge in [0, 0.05) is 13.2 Å². The second-order valence-electron chi connectivity index (χ2n) is 4.26. The van der Waals surface area contributed by atoms with Gasteiger partial charge in [-0.05, 0) is 46.9 Å². The van der Waals surface area contributed by atoms with Crippen molar-refractivity contribution in [3.8, 4) is 0 Å². The Hall–Kier alpha value is -0.450. The van der Waals surface area contributed by atoms with E-state index in [4.69, 9.17) is 4.74 Å². The normalized spacial score (nSPS) is 14.5. The van der Waals surface area contributed by atoms with E-state index in [1.807, 2.05) is 6.07 Å². The molecule has 4 heteroatoms. The van der Waals surface area contributed by atoms with Crippen LogP contribution < -0.4 is 5.32 Å². The van der Waals surface area contributed by atoms with Crippen molar-refractivity contribution in [2.24, 2.45) is 0 Å². The number of hydrogen-bond donors (Lipinski definition) is 1. The maximum atomic E-state index is 13.5. The summed E-state index contributed by atoms with van der Waals surface area (Å²) in [6.45, 7) is 5.03. The summed E-state index contributed by atoms with van der Waals surface area (Å²) in [5.41, 5.74) is 0.969. The zero-order chi connectivity index (χ0) is 13.5. The Morgan fingerprint density at radius 2 is 2.11 bits per heavy atom. The van der Waals surface area contributed by atoms with E-state index < -0.39 is 0 Å². The van der Waals surface area contributed by atoms with Crippen LogP contribution in [0.1, 0.15) is 25.8 Å². The van der Waals surface area contributed by atoms with Crippen molar-refractivity contribution in [2.75, 3.05) is 13.7 Å². The number of likely N-dealkylation sites (N-methyl/N-ethyl adjacent to an activating group) is 1. The van der Waals surface area contributed by atoms with Crippen LogP contribution in [0.4, 0.5) is 4.39 Å². The van der Waals surface area contributed by atoms with E-state index in [9.17, 15) is 4.39 Å². The monoisotopic (exact) mass is 317 g/mol. The summed E-state index contributed by atoms with van der Waals surface area (Å²) in [5.74, 6) is -0.215. The molecular weight excluding hydrogens is 297 g/mol. The van der Waals surface area contributed by atoms with Gasteiger partial charge in [-0.1, -0.05) is 26.0 Å². The molecule has 0 aliphatic carbocycles. The standard InChI is InChI=1S/C14H21BrFNO/c1-4-13(18-3)12(17-5-2)9-10-7-6-8-11(16)14(10)15/h6-8,12-13,17H,4-5,9H2,1-3H3. The van der Waals surface area contributed by atoms with E-state index in [0.717, 1.165) is 24.9 Å². The maximum absolute atomic E-state index is 13.5. The van der Waals surface area contributed by atoms with Crippen molar-refractivity contribution in [3.63, 3.8) is 0 Å². The second kappa shape index (κ2) is 7.87.